The van der Waals surface area contributed by atoms with E-state index in [-0.39, 0.29) is 0 Å². The van der Waals surface area contributed by atoms with Gasteiger partial charge < -0.3 is 15.2 Å². The maximum Gasteiger partial charge on any atom is 0.224 e. The minimum atomic E-state index is 0.409. The van der Waals surface area contributed by atoms with Gasteiger partial charge in [0.1, 0.15) is 5.75 Å². The number of ether oxygens (including phenoxy) is 2. The number of hydrogen-bond acceptors (Lipinski definition) is 4. The van der Waals surface area contributed by atoms with Crippen LogP contribution in [0, 0.1) is 13.8 Å². The molecule has 0 spiro atoms. The van der Waals surface area contributed by atoms with Crippen molar-refractivity contribution in [3.63, 3.8) is 0 Å². The number of aryl methyl sites for hydroxylation is 2. The zero-order valence-corrected chi connectivity index (χ0v) is 12.1. The van der Waals surface area contributed by atoms with E-state index in [1.807, 2.05) is 44.2 Å². The summed E-state index contributed by atoms with van der Waals surface area (Å²) in [5.74, 6) is 1.33. The first kappa shape index (κ1) is 14.5. The van der Waals surface area contributed by atoms with E-state index in [1.165, 1.54) is 0 Å². The maximum atomic E-state index is 5.90. The quantitative estimate of drug-likeness (QED) is 0.908. The van der Waals surface area contributed by atoms with E-state index < -0.39 is 0 Å². The third-order valence-corrected chi connectivity index (χ3v) is 3.07. The maximum absolute atomic E-state index is 5.90. The lowest BCUT2D eigenvalue weighted by atomic mass is 10.1. The molecule has 1 aromatic carbocycles. The van der Waals surface area contributed by atoms with Crippen LogP contribution in [0.5, 0.6) is 11.6 Å². The Hall–Kier alpha value is -1.91. The van der Waals surface area contributed by atoms with Gasteiger partial charge in [-0.2, -0.15) is 0 Å². The van der Waals surface area contributed by atoms with Crippen LogP contribution in [0.4, 0.5) is 0 Å². The van der Waals surface area contributed by atoms with Crippen LogP contribution in [-0.4, -0.2) is 12.1 Å². The van der Waals surface area contributed by atoms with Crippen molar-refractivity contribution in [2.45, 2.75) is 27.0 Å². The smallest absolute Gasteiger partial charge is 0.224 e. The van der Waals surface area contributed by atoms with Crippen LogP contribution in [-0.2, 0) is 17.9 Å². The van der Waals surface area contributed by atoms with Gasteiger partial charge in [-0.15, -0.1) is 0 Å². The number of methoxy groups -OCH3 is 1. The predicted molar refractivity (Wildman–Crippen MR) is 78.8 cm³/mol. The monoisotopic (exact) mass is 272 g/mol. The van der Waals surface area contributed by atoms with Gasteiger partial charge in [0.15, 0.2) is 0 Å². The van der Waals surface area contributed by atoms with Gasteiger partial charge in [-0.1, -0.05) is 12.1 Å². The Balaban J connectivity index is 2.32. The molecular weight excluding hydrogens is 252 g/mol. The molecule has 2 rings (SSSR count). The lowest BCUT2D eigenvalue weighted by Gasteiger charge is -2.13. The van der Waals surface area contributed by atoms with E-state index in [0.29, 0.717) is 19.0 Å². The molecule has 4 nitrogen and oxygen atoms in total. The van der Waals surface area contributed by atoms with Gasteiger partial charge in [0, 0.05) is 24.9 Å². The van der Waals surface area contributed by atoms with Crippen molar-refractivity contribution in [2.24, 2.45) is 5.73 Å². The third kappa shape index (κ3) is 3.35. The average molecular weight is 272 g/mol. The molecule has 0 unspecified atom stereocenters. The Bertz CT molecular complexity index is 597. The van der Waals surface area contributed by atoms with E-state index in [0.717, 1.165) is 28.1 Å². The van der Waals surface area contributed by atoms with E-state index >= 15 is 0 Å². The highest BCUT2D eigenvalue weighted by Crippen LogP contribution is 2.26. The molecule has 1 aromatic heterocycles. The molecule has 0 bridgehead atoms. The second-order valence-electron chi connectivity index (χ2n) is 4.75. The lowest BCUT2D eigenvalue weighted by Crippen LogP contribution is -2.05. The zero-order valence-electron chi connectivity index (χ0n) is 12.1. The van der Waals surface area contributed by atoms with Crippen LogP contribution < -0.4 is 10.5 Å². The molecule has 106 valence electrons. The minimum Gasteiger partial charge on any atom is -0.439 e. The fourth-order valence-electron chi connectivity index (χ4n) is 2.14. The van der Waals surface area contributed by atoms with Crippen LogP contribution in [0.25, 0.3) is 0 Å². The SMILES string of the molecule is COCc1cccc(Oc2nc(C)cc(C)c2CN)c1. The highest BCUT2D eigenvalue weighted by Gasteiger charge is 2.10. The Labute approximate surface area is 119 Å². The second kappa shape index (κ2) is 6.50. The molecule has 1 heterocycles. The Morgan fingerprint density at radius 1 is 1.20 bits per heavy atom. The number of rotatable bonds is 5. The van der Waals surface area contributed by atoms with Crippen molar-refractivity contribution < 1.29 is 9.47 Å². The Morgan fingerprint density at radius 3 is 2.70 bits per heavy atom. The first-order chi connectivity index (χ1) is 9.63. The largest absolute Gasteiger partial charge is 0.439 e. The molecule has 2 N–H and O–H groups in total. The summed E-state index contributed by atoms with van der Waals surface area (Å²) in [6.07, 6.45) is 0. The number of nitrogens with two attached hydrogens (primary N) is 1. The molecule has 0 aliphatic heterocycles. The summed E-state index contributed by atoms with van der Waals surface area (Å²) in [4.78, 5) is 4.44. The summed E-state index contributed by atoms with van der Waals surface area (Å²) in [5, 5.41) is 0. The average Bonchev–Trinajstić information content (AvgIpc) is 2.39. The molecule has 20 heavy (non-hydrogen) atoms. The van der Waals surface area contributed by atoms with Gasteiger partial charge in [0.05, 0.1) is 6.61 Å². The van der Waals surface area contributed by atoms with Crippen LogP contribution in [0.3, 0.4) is 0 Å². The summed E-state index contributed by atoms with van der Waals surface area (Å²) in [5.41, 5.74) is 9.81. The molecule has 0 aliphatic carbocycles. The number of pyridine rings is 1. The molecule has 4 heteroatoms. The van der Waals surface area contributed by atoms with E-state index in [9.17, 15) is 0 Å². The number of nitrogens with zero attached hydrogens (tertiary/aromatic N) is 1. The summed E-state index contributed by atoms with van der Waals surface area (Å²) in [6.45, 7) is 4.93. The van der Waals surface area contributed by atoms with Crippen LogP contribution in [0.15, 0.2) is 30.3 Å². The van der Waals surface area contributed by atoms with Gasteiger partial charge in [0.25, 0.3) is 0 Å². The highest BCUT2D eigenvalue weighted by atomic mass is 16.5. The Kier molecular flexibility index (Phi) is 4.71. The van der Waals surface area contributed by atoms with Crippen molar-refractivity contribution in [3.8, 4) is 11.6 Å². The first-order valence-electron chi connectivity index (χ1n) is 6.57. The predicted octanol–water partition coefficient (Wildman–Crippen LogP) is 3.10. The van der Waals surface area contributed by atoms with Crippen molar-refractivity contribution in [1.29, 1.82) is 0 Å². The zero-order chi connectivity index (χ0) is 14.5. The topological polar surface area (TPSA) is 57.4 Å². The number of hydrogen-bond donors (Lipinski definition) is 1. The summed E-state index contributed by atoms with van der Waals surface area (Å²) >= 11 is 0. The van der Waals surface area contributed by atoms with Crippen LogP contribution >= 0.6 is 0 Å². The number of aromatic nitrogens is 1. The molecule has 2 aromatic rings. The van der Waals surface area contributed by atoms with Crippen molar-refractivity contribution in [3.05, 3.63) is 52.7 Å². The second-order valence-corrected chi connectivity index (χ2v) is 4.75. The number of benzene rings is 1. The summed E-state index contributed by atoms with van der Waals surface area (Å²) < 4.78 is 11.0. The molecule has 0 amide bonds. The van der Waals surface area contributed by atoms with Gasteiger partial charge in [-0.25, -0.2) is 4.98 Å². The summed E-state index contributed by atoms with van der Waals surface area (Å²) in [7, 11) is 1.67. The van der Waals surface area contributed by atoms with Crippen molar-refractivity contribution in [2.75, 3.05) is 7.11 Å². The Morgan fingerprint density at radius 2 is 2.00 bits per heavy atom. The molecule has 0 fully saturated rings. The highest BCUT2D eigenvalue weighted by molar-refractivity contribution is 5.39. The minimum absolute atomic E-state index is 0.409. The van der Waals surface area contributed by atoms with Gasteiger partial charge in [0.2, 0.25) is 5.88 Å². The molecular formula is C16H20N2O2. The molecule has 0 saturated carbocycles. The van der Waals surface area contributed by atoms with Crippen molar-refractivity contribution in [1.82, 2.24) is 4.98 Å². The molecule has 0 saturated heterocycles. The summed E-state index contributed by atoms with van der Waals surface area (Å²) in [6, 6.07) is 9.79. The third-order valence-electron chi connectivity index (χ3n) is 3.07. The van der Waals surface area contributed by atoms with E-state index in [4.69, 9.17) is 15.2 Å². The fraction of sp³-hybridized carbons (Fsp3) is 0.312. The van der Waals surface area contributed by atoms with E-state index in [2.05, 4.69) is 4.98 Å². The van der Waals surface area contributed by atoms with Gasteiger partial charge >= 0.3 is 0 Å². The molecule has 0 aliphatic rings. The normalized spacial score (nSPS) is 10.6. The molecule has 0 radical (unpaired) electrons. The van der Waals surface area contributed by atoms with Crippen LogP contribution in [0.1, 0.15) is 22.4 Å². The first-order valence-corrected chi connectivity index (χ1v) is 6.57. The van der Waals surface area contributed by atoms with Crippen LogP contribution in [0.2, 0.25) is 0 Å². The van der Waals surface area contributed by atoms with Gasteiger partial charge in [-0.05, 0) is 43.2 Å². The standard InChI is InChI=1S/C16H20N2O2/c1-11-7-12(2)18-16(15(11)9-17)20-14-6-4-5-13(8-14)10-19-3/h4-8H,9-10,17H2,1-3H3. The van der Waals surface area contributed by atoms with Crippen molar-refractivity contribution >= 4 is 0 Å². The van der Waals surface area contributed by atoms with Gasteiger partial charge in [-0.3, -0.25) is 0 Å². The van der Waals surface area contributed by atoms with E-state index in [1.54, 1.807) is 7.11 Å². The lowest BCUT2D eigenvalue weighted by molar-refractivity contribution is 0.184. The fourth-order valence-corrected chi connectivity index (χ4v) is 2.14. The molecule has 0 atom stereocenters.